The Labute approximate surface area is 91.0 Å². The lowest BCUT2D eigenvalue weighted by atomic mass is 10.3. The van der Waals surface area contributed by atoms with Crippen molar-refractivity contribution in [1.29, 1.82) is 10.5 Å². The first-order chi connectivity index (χ1) is 7.19. The van der Waals surface area contributed by atoms with Gasteiger partial charge in [0.25, 0.3) is 0 Å². The summed E-state index contributed by atoms with van der Waals surface area (Å²) in [4.78, 5) is 0. The lowest BCUT2D eigenvalue weighted by Gasteiger charge is -2.02. The molecule has 0 aromatic heterocycles. The zero-order valence-electron chi connectivity index (χ0n) is 7.46. The van der Waals surface area contributed by atoms with Crippen molar-refractivity contribution in [2.75, 3.05) is 5.32 Å². The predicted molar refractivity (Wildman–Crippen MR) is 54.3 cm³/mol. The number of hydrogen-bond acceptors (Lipinski definition) is 3. The summed E-state index contributed by atoms with van der Waals surface area (Å²) in [5.41, 5.74) is -0.0279. The summed E-state index contributed by atoms with van der Waals surface area (Å²) in [7, 11) is 0. The van der Waals surface area contributed by atoms with Gasteiger partial charge in [0.2, 0.25) is 0 Å². The highest BCUT2D eigenvalue weighted by molar-refractivity contribution is 6.31. The van der Waals surface area contributed by atoms with Gasteiger partial charge in [-0.05, 0) is 12.1 Å². The molecule has 0 aliphatic carbocycles. The van der Waals surface area contributed by atoms with E-state index in [-0.39, 0.29) is 16.3 Å². The number of nitriles is 2. The first kappa shape index (κ1) is 11.0. The Kier molecular flexibility index (Phi) is 3.68. The molecule has 3 nitrogen and oxygen atoms in total. The number of halogens is 2. The third-order valence-corrected chi connectivity index (χ3v) is 1.86. The first-order valence-electron chi connectivity index (χ1n) is 3.90. The number of anilines is 1. The zero-order chi connectivity index (χ0) is 11.3. The van der Waals surface area contributed by atoms with Crippen LogP contribution in [0.3, 0.4) is 0 Å². The van der Waals surface area contributed by atoms with Crippen LogP contribution < -0.4 is 5.32 Å². The second-order valence-corrected chi connectivity index (χ2v) is 2.93. The van der Waals surface area contributed by atoms with Gasteiger partial charge in [0.15, 0.2) is 5.82 Å². The van der Waals surface area contributed by atoms with Crippen molar-refractivity contribution < 1.29 is 4.39 Å². The van der Waals surface area contributed by atoms with E-state index in [4.69, 9.17) is 22.1 Å². The van der Waals surface area contributed by atoms with E-state index in [9.17, 15) is 4.39 Å². The Bertz CT molecular complexity index is 466. The number of rotatable bonds is 2. The zero-order valence-corrected chi connectivity index (χ0v) is 8.22. The maximum Gasteiger partial charge on any atom is 0.165 e. The Morgan fingerprint density at radius 3 is 2.67 bits per heavy atom. The van der Waals surface area contributed by atoms with Gasteiger partial charge in [0.1, 0.15) is 17.7 Å². The van der Waals surface area contributed by atoms with E-state index in [1.165, 1.54) is 12.1 Å². The van der Waals surface area contributed by atoms with Crippen LogP contribution in [0.4, 0.5) is 10.1 Å². The fraction of sp³-hybridized carbons (Fsp3) is 0. The second-order valence-electron chi connectivity index (χ2n) is 2.53. The van der Waals surface area contributed by atoms with Crippen molar-refractivity contribution in [2.24, 2.45) is 0 Å². The molecule has 0 fully saturated rings. The number of nitrogens with one attached hydrogen (secondary N) is 1. The van der Waals surface area contributed by atoms with Crippen LogP contribution in [0.1, 0.15) is 0 Å². The van der Waals surface area contributed by atoms with E-state index in [0.29, 0.717) is 0 Å². The van der Waals surface area contributed by atoms with Gasteiger partial charge in [-0.25, -0.2) is 4.39 Å². The molecule has 0 amide bonds. The molecule has 15 heavy (non-hydrogen) atoms. The molecule has 0 saturated carbocycles. The molecule has 1 aromatic rings. The number of allylic oxidation sites excluding steroid dienone is 1. The van der Waals surface area contributed by atoms with Crippen LogP contribution in [0.25, 0.3) is 0 Å². The van der Waals surface area contributed by atoms with Gasteiger partial charge in [0.05, 0.1) is 10.7 Å². The Hall–Kier alpha value is -2.04. The van der Waals surface area contributed by atoms with Gasteiger partial charge in [-0.15, -0.1) is 0 Å². The number of hydrogen-bond donors (Lipinski definition) is 1. The molecule has 0 spiro atoms. The molecule has 1 aromatic carbocycles. The van der Waals surface area contributed by atoms with Crippen molar-refractivity contribution in [1.82, 2.24) is 0 Å². The highest BCUT2D eigenvalue weighted by Crippen LogP contribution is 2.21. The standard InChI is InChI=1S/C10H5ClFN3/c11-8-2-1-3-9(10(8)12)15-6-7(4-13)5-14/h1-3,6,15H. The lowest BCUT2D eigenvalue weighted by molar-refractivity contribution is 0.632. The maximum absolute atomic E-state index is 13.3. The molecular formula is C10H5ClFN3. The minimum Gasteiger partial charge on any atom is -0.357 e. The van der Waals surface area contributed by atoms with Crippen LogP contribution in [0.5, 0.6) is 0 Å². The minimum absolute atomic E-state index is 0.0242. The van der Waals surface area contributed by atoms with E-state index in [2.05, 4.69) is 5.32 Å². The van der Waals surface area contributed by atoms with Gasteiger partial charge in [0, 0.05) is 6.20 Å². The van der Waals surface area contributed by atoms with Gasteiger partial charge < -0.3 is 5.32 Å². The smallest absolute Gasteiger partial charge is 0.165 e. The largest absolute Gasteiger partial charge is 0.357 e. The van der Waals surface area contributed by atoms with Crippen molar-refractivity contribution in [3.63, 3.8) is 0 Å². The van der Waals surface area contributed by atoms with Gasteiger partial charge in [-0.1, -0.05) is 17.7 Å². The average molecular weight is 222 g/mol. The lowest BCUT2D eigenvalue weighted by Crippen LogP contribution is -1.93. The summed E-state index contributed by atoms with van der Waals surface area (Å²) in [6, 6.07) is 7.68. The molecule has 5 heteroatoms. The van der Waals surface area contributed by atoms with Gasteiger partial charge in [-0.2, -0.15) is 10.5 Å². The van der Waals surface area contributed by atoms with Crippen LogP contribution >= 0.6 is 11.6 Å². The summed E-state index contributed by atoms with van der Waals surface area (Å²) in [6.45, 7) is 0. The Balaban J connectivity index is 2.93. The van der Waals surface area contributed by atoms with Crippen molar-refractivity contribution in [3.8, 4) is 12.1 Å². The summed E-state index contributed by atoms with van der Waals surface area (Å²) in [6.07, 6.45) is 1.12. The monoisotopic (exact) mass is 221 g/mol. The van der Waals surface area contributed by atoms with Crippen LogP contribution in [0, 0.1) is 28.5 Å². The topological polar surface area (TPSA) is 59.6 Å². The Morgan fingerprint density at radius 2 is 2.07 bits per heavy atom. The molecular weight excluding hydrogens is 217 g/mol. The fourth-order valence-corrected chi connectivity index (χ4v) is 1.03. The molecule has 0 radical (unpaired) electrons. The molecule has 0 heterocycles. The summed E-state index contributed by atoms with van der Waals surface area (Å²) in [5.74, 6) is -0.620. The number of benzene rings is 1. The predicted octanol–water partition coefficient (Wildman–Crippen LogP) is 2.82. The van der Waals surface area contributed by atoms with E-state index in [0.717, 1.165) is 6.20 Å². The van der Waals surface area contributed by atoms with Crippen LogP contribution in [0.2, 0.25) is 5.02 Å². The molecule has 0 unspecified atom stereocenters. The molecule has 0 aliphatic heterocycles. The molecule has 0 aliphatic rings. The molecule has 0 saturated heterocycles. The van der Waals surface area contributed by atoms with Crippen LogP contribution in [0.15, 0.2) is 30.0 Å². The molecule has 1 N–H and O–H groups in total. The van der Waals surface area contributed by atoms with Gasteiger partial charge in [-0.3, -0.25) is 0 Å². The second kappa shape index (κ2) is 4.99. The molecule has 74 valence electrons. The third-order valence-electron chi connectivity index (χ3n) is 1.56. The van der Waals surface area contributed by atoms with Crippen LogP contribution in [-0.4, -0.2) is 0 Å². The van der Waals surface area contributed by atoms with E-state index >= 15 is 0 Å². The molecule has 1 rings (SSSR count). The van der Waals surface area contributed by atoms with E-state index < -0.39 is 5.82 Å². The quantitative estimate of drug-likeness (QED) is 0.782. The highest BCUT2D eigenvalue weighted by Gasteiger charge is 2.04. The first-order valence-corrected chi connectivity index (χ1v) is 4.27. The van der Waals surface area contributed by atoms with Crippen molar-refractivity contribution >= 4 is 17.3 Å². The molecule has 0 atom stereocenters. The summed E-state index contributed by atoms with van der Waals surface area (Å²) >= 11 is 5.53. The summed E-state index contributed by atoms with van der Waals surface area (Å²) in [5, 5.41) is 19.3. The highest BCUT2D eigenvalue weighted by atomic mass is 35.5. The number of nitrogens with zero attached hydrogens (tertiary/aromatic N) is 2. The normalized spacial score (nSPS) is 8.53. The Morgan fingerprint density at radius 1 is 1.40 bits per heavy atom. The molecule has 0 bridgehead atoms. The van der Waals surface area contributed by atoms with Crippen molar-refractivity contribution in [3.05, 3.63) is 40.8 Å². The van der Waals surface area contributed by atoms with Crippen molar-refractivity contribution in [2.45, 2.75) is 0 Å². The van der Waals surface area contributed by atoms with E-state index in [1.807, 2.05) is 0 Å². The maximum atomic E-state index is 13.3. The fourth-order valence-electron chi connectivity index (χ4n) is 0.855. The third kappa shape index (κ3) is 2.70. The van der Waals surface area contributed by atoms with E-state index in [1.54, 1.807) is 18.2 Å². The minimum atomic E-state index is -0.620. The van der Waals surface area contributed by atoms with Gasteiger partial charge >= 0.3 is 0 Å². The van der Waals surface area contributed by atoms with Crippen LogP contribution in [-0.2, 0) is 0 Å². The summed E-state index contributed by atoms with van der Waals surface area (Å²) < 4.78 is 13.3. The average Bonchev–Trinajstić information content (AvgIpc) is 2.25. The SMILES string of the molecule is N#CC(C#N)=CNc1cccc(Cl)c1F.